The maximum absolute atomic E-state index is 12.8. The van der Waals surface area contributed by atoms with Gasteiger partial charge in [0.2, 0.25) is 0 Å². The van der Waals surface area contributed by atoms with Crippen LogP contribution in [0.1, 0.15) is 28.4 Å². The fourth-order valence-corrected chi connectivity index (χ4v) is 2.93. The van der Waals surface area contributed by atoms with Crippen molar-refractivity contribution in [3.8, 4) is 0 Å². The lowest BCUT2D eigenvalue weighted by atomic mass is 10.1. The van der Waals surface area contributed by atoms with E-state index in [9.17, 15) is 9.59 Å². The van der Waals surface area contributed by atoms with Crippen LogP contribution in [0.25, 0.3) is 0 Å². The summed E-state index contributed by atoms with van der Waals surface area (Å²) >= 11 is 0. The molecule has 2 aromatic carbocycles. The van der Waals surface area contributed by atoms with Crippen LogP contribution in [-0.2, 0) is 17.8 Å². The lowest BCUT2D eigenvalue weighted by Gasteiger charge is -2.17. The van der Waals surface area contributed by atoms with E-state index in [-0.39, 0.29) is 12.5 Å². The zero-order chi connectivity index (χ0) is 20.6. The van der Waals surface area contributed by atoms with Crippen molar-refractivity contribution in [2.75, 3.05) is 19.0 Å². The number of nitrogens with one attached hydrogen (secondary N) is 1. The molecule has 0 aliphatic rings. The molecular weight excluding hydrogens is 368 g/mol. The topological polar surface area (TPSA) is 76.5 Å². The second kappa shape index (κ2) is 9.54. The molecule has 0 fully saturated rings. The third-order valence-corrected chi connectivity index (χ3v) is 4.27. The van der Waals surface area contributed by atoms with Crippen molar-refractivity contribution in [2.24, 2.45) is 0 Å². The fourth-order valence-electron chi connectivity index (χ4n) is 2.93. The maximum atomic E-state index is 12.8. The first kappa shape index (κ1) is 20.1. The highest BCUT2D eigenvalue weighted by atomic mass is 16.5. The highest BCUT2D eigenvalue weighted by Crippen LogP contribution is 2.14. The number of amides is 2. The van der Waals surface area contributed by atoms with E-state index in [1.54, 1.807) is 49.3 Å². The Labute approximate surface area is 169 Å². The van der Waals surface area contributed by atoms with Gasteiger partial charge in [0.05, 0.1) is 19.3 Å². The van der Waals surface area contributed by atoms with Gasteiger partial charge in [0.1, 0.15) is 0 Å². The SMILES string of the molecule is CCOC(=O)Nc1cccc(C(=O)N(C)Cc2cnn(Cc3ccccc3)c2)c1. The van der Waals surface area contributed by atoms with Crippen LogP contribution < -0.4 is 5.32 Å². The molecular formula is C22H24N4O3. The third-order valence-electron chi connectivity index (χ3n) is 4.27. The van der Waals surface area contributed by atoms with Crippen LogP contribution in [0.5, 0.6) is 0 Å². The minimum atomic E-state index is -0.545. The molecule has 1 heterocycles. The number of carbonyl (C=O) groups is 2. The largest absolute Gasteiger partial charge is 0.450 e. The summed E-state index contributed by atoms with van der Waals surface area (Å²) in [6.07, 6.45) is 3.16. The summed E-state index contributed by atoms with van der Waals surface area (Å²) in [7, 11) is 1.74. The average molecular weight is 392 g/mol. The van der Waals surface area contributed by atoms with E-state index < -0.39 is 6.09 Å². The first-order valence-electron chi connectivity index (χ1n) is 9.39. The lowest BCUT2D eigenvalue weighted by Crippen LogP contribution is -2.26. The van der Waals surface area contributed by atoms with E-state index in [1.807, 2.05) is 41.2 Å². The first-order valence-corrected chi connectivity index (χ1v) is 9.39. The number of hydrogen-bond acceptors (Lipinski definition) is 4. The van der Waals surface area contributed by atoms with Crippen molar-refractivity contribution in [3.63, 3.8) is 0 Å². The van der Waals surface area contributed by atoms with Crippen molar-refractivity contribution < 1.29 is 14.3 Å². The summed E-state index contributed by atoms with van der Waals surface area (Å²) in [5, 5.41) is 6.99. The van der Waals surface area contributed by atoms with E-state index in [0.29, 0.717) is 24.3 Å². The normalized spacial score (nSPS) is 10.4. The number of hydrogen-bond donors (Lipinski definition) is 1. The van der Waals surface area contributed by atoms with Crippen LogP contribution in [0.15, 0.2) is 67.0 Å². The molecule has 2 amide bonds. The second-order valence-electron chi connectivity index (χ2n) is 6.62. The van der Waals surface area contributed by atoms with Gasteiger partial charge >= 0.3 is 6.09 Å². The highest BCUT2D eigenvalue weighted by Gasteiger charge is 2.14. The molecule has 0 aliphatic heterocycles. The predicted molar refractivity (Wildman–Crippen MR) is 111 cm³/mol. The lowest BCUT2D eigenvalue weighted by molar-refractivity contribution is 0.0785. The number of ether oxygens (including phenoxy) is 1. The summed E-state index contributed by atoms with van der Waals surface area (Å²) in [5.74, 6) is -0.145. The Balaban J connectivity index is 1.61. The van der Waals surface area contributed by atoms with Gasteiger partial charge in [-0.1, -0.05) is 36.4 Å². The maximum Gasteiger partial charge on any atom is 0.411 e. The van der Waals surface area contributed by atoms with Gasteiger partial charge in [0.15, 0.2) is 0 Å². The minimum Gasteiger partial charge on any atom is -0.450 e. The summed E-state index contributed by atoms with van der Waals surface area (Å²) in [4.78, 5) is 25.9. The molecule has 7 nitrogen and oxygen atoms in total. The Morgan fingerprint density at radius 1 is 1.10 bits per heavy atom. The van der Waals surface area contributed by atoms with Crippen LogP contribution in [0.2, 0.25) is 0 Å². The quantitative estimate of drug-likeness (QED) is 0.664. The summed E-state index contributed by atoms with van der Waals surface area (Å²) in [6.45, 7) is 3.13. The molecule has 0 saturated heterocycles. The van der Waals surface area contributed by atoms with Gasteiger partial charge in [-0.25, -0.2) is 4.79 Å². The van der Waals surface area contributed by atoms with Crippen LogP contribution in [0.3, 0.4) is 0 Å². The third kappa shape index (κ3) is 5.68. The molecule has 150 valence electrons. The van der Waals surface area contributed by atoms with Crippen molar-refractivity contribution in [1.29, 1.82) is 0 Å². The van der Waals surface area contributed by atoms with Gasteiger partial charge in [-0.3, -0.25) is 14.8 Å². The number of aromatic nitrogens is 2. The van der Waals surface area contributed by atoms with Crippen molar-refractivity contribution in [1.82, 2.24) is 14.7 Å². The Morgan fingerprint density at radius 3 is 2.66 bits per heavy atom. The van der Waals surface area contributed by atoms with E-state index >= 15 is 0 Å². The molecule has 0 atom stereocenters. The molecule has 0 saturated carbocycles. The van der Waals surface area contributed by atoms with Gasteiger partial charge in [-0.2, -0.15) is 5.10 Å². The molecule has 3 rings (SSSR count). The van der Waals surface area contributed by atoms with Crippen molar-refractivity contribution in [2.45, 2.75) is 20.0 Å². The highest BCUT2D eigenvalue weighted by molar-refractivity contribution is 5.96. The Bertz CT molecular complexity index is 969. The summed E-state index contributed by atoms with van der Waals surface area (Å²) in [5.41, 5.74) is 3.10. The van der Waals surface area contributed by atoms with Crippen LogP contribution >= 0.6 is 0 Å². The van der Waals surface area contributed by atoms with E-state index in [4.69, 9.17) is 4.74 Å². The number of carbonyl (C=O) groups excluding carboxylic acids is 2. The summed E-state index contributed by atoms with van der Waals surface area (Å²) < 4.78 is 6.72. The molecule has 3 aromatic rings. The number of nitrogens with zero attached hydrogens (tertiary/aromatic N) is 3. The van der Waals surface area contributed by atoms with Crippen LogP contribution in [-0.4, -0.2) is 40.3 Å². The standard InChI is InChI=1S/C22H24N4O3/c1-3-29-22(28)24-20-11-7-10-19(12-20)21(27)25(2)14-18-13-23-26(16-18)15-17-8-5-4-6-9-17/h4-13,16H,3,14-15H2,1-2H3,(H,24,28). The molecule has 0 spiro atoms. The predicted octanol–water partition coefficient (Wildman–Crippen LogP) is 3.77. The van der Waals surface area contributed by atoms with E-state index in [2.05, 4.69) is 10.4 Å². The van der Waals surface area contributed by atoms with Gasteiger partial charge in [0, 0.05) is 36.6 Å². The van der Waals surface area contributed by atoms with Crippen LogP contribution in [0, 0.1) is 0 Å². The molecule has 0 unspecified atom stereocenters. The molecule has 29 heavy (non-hydrogen) atoms. The van der Waals surface area contributed by atoms with Gasteiger partial charge in [-0.05, 0) is 30.7 Å². The van der Waals surface area contributed by atoms with Gasteiger partial charge in [-0.15, -0.1) is 0 Å². The zero-order valence-corrected chi connectivity index (χ0v) is 16.5. The minimum absolute atomic E-state index is 0.145. The van der Waals surface area contributed by atoms with Crippen molar-refractivity contribution in [3.05, 3.63) is 83.7 Å². The summed E-state index contributed by atoms with van der Waals surface area (Å²) in [6, 6.07) is 16.9. The fraction of sp³-hybridized carbons (Fsp3) is 0.227. The average Bonchev–Trinajstić information content (AvgIpc) is 3.15. The first-order chi connectivity index (χ1) is 14.0. The monoisotopic (exact) mass is 392 g/mol. The van der Waals surface area contributed by atoms with Gasteiger partial charge in [0.25, 0.3) is 5.91 Å². The smallest absolute Gasteiger partial charge is 0.411 e. The van der Waals surface area contributed by atoms with Crippen molar-refractivity contribution >= 4 is 17.7 Å². The number of benzene rings is 2. The Hall–Kier alpha value is -3.61. The zero-order valence-electron chi connectivity index (χ0n) is 16.5. The second-order valence-corrected chi connectivity index (χ2v) is 6.62. The molecule has 1 aromatic heterocycles. The molecule has 0 aliphatic carbocycles. The molecule has 0 radical (unpaired) electrons. The number of rotatable bonds is 7. The number of anilines is 1. The molecule has 1 N–H and O–H groups in total. The van der Waals surface area contributed by atoms with Crippen LogP contribution in [0.4, 0.5) is 10.5 Å². The Kier molecular flexibility index (Phi) is 6.63. The van der Waals surface area contributed by atoms with E-state index in [1.165, 1.54) is 0 Å². The Morgan fingerprint density at radius 2 is 1.90 bits per heavy atom. The van der Waals surface area contributed by atoms with Gasteiger partial charge < -0.3 is 9.64 Å². The van der Waals surface area contributed by atoms with E-state index in [0.717, 1.165) is 11.1 Å². The molecule has 7 heteroatoms. The molecule has 0 bridgehead atoms.